The quantitative estimate of drug-likeness (QED) is 0.551. The number of nitrogens with one attached hydrogen (secondary N) is 2. The van der Waals surface area contributed by atoms with E-state index in [-0.39, 0.29) is 12.5 Å². The Kier molecular flexibility index (Phi) is 4.05. The van der Waals surface area contributed by atoms with Crippen molar-refractivity contribution in [2.75, 3.05) is 17.2 Å². The maximum absolute atomic E-state index is 12.3. The molecule has 4 aromatic rings. The highest BCUT2D eigenvalue weighted by atomic mass is 16.1. The molecule has 25 heavy (non-hydrogen) atoms. The van der Waals surface area contributed by atoms with Gasteiger partial charge in [-0.05, 0) is 34.4 Å². The van der Waals surface area contributed by atoms with E-state index in [2.05, 4.69) is 34.9 Å². The molecule has 0 spiro atoms. The van der Waals surface area contributed by atoms with Crippen molar-refractivity contribution in [2.24, 2.45) is 0 Å². The van der Waals surface area contributed by atoms with E-state index in [1.165, 1.54) is 5.39 Å². The van der Waals surface area contributed by atoms with Crippen molar-refractivity contribution in [2.45, 2.75) is 0 Å². The Bertz CT molecular complexity index is 1050. The Morgan fingerprint density at radius 3 is 2.32 bits per heavy atom. The van der Waals surface area contributed by atoms with Crippen LogP contribution in [0.15, 0.2) is 84.9 Å². The maximum atomic E-state index is 12.3. The van der Waals surface area contributed by atoms with Gasteiger partial charge < -0.3 is 10.6 Å². The minimum absolute atomic E-state index is 0.0653. The fourth-order valence-electron chi connectivity index (χ4n) is 3.01. The molecule has 0 unspecified atom stereocenters. The molecule has 4 aromatic carbocycles. The lowest BCUT2D eigenvalue weighted by Crippen LogP contribution is -2.21. The van der Waals surface area contributed by atoms with Crippen molar-refractivity contribution in [3.8, 4) is 0 Å². The summed E-state index contributed by atoms with van der Waals surface area (Å²) in [6.45, 7) is 0.224. The largest absolute Gasteiger partial charge is 0.376 e. The molecule has 0 fully saturated rings. The van der Waals surface area contributed by atoms with Gasteiger partial charge in [-0.2, -0.15) is 0 Å². The molecular weight excluding hydrogens is 308 g/mol. The molecule has 0 heterocycles. The van der Waals surface area contributed by atoms with Gasteiger partial charge in [-0.25, -0.2) is 0 Å². The van der Waals surface area contributed by atoms with Gasteiger partial charge in [0.05, 0.1) is 6.54 Å². The first-order valence-corrected chi connectivity index (χ1v) is 8.30. The highest BCUT2D eigenvalue weighted by Crippen LogP contribution is 2.23. The lowest BCUT2D eigenvalue weighted by Gasteiger charge is -2.10. The Labute approximate surface area is 146 Å². The second-order valence-corrected chi connectivity index (χ2v) is 5.99. The SMILES string of the molecule is O=C(CNc1ccc2ccccc2c1)Nc1cccc2ccccc12. The van der Waals surface area contributed by atoms with Gasteiger partial charge in [0.15, 0.2) is 0 Å². The van der Waals surface area contributed by atoms with E-state index in [0.717, 1.165) is 27.5 Å². The number of amides is 1. The zero-order chi connectivity index (χ0) is 17.1. The molecular formula is C22H18N2O. The Hall–Kier alpha value is -3.33. The number of fused-ring (bicyclic) bond motifs is 2. The average Bonchev–Trinajstić information content (AvgIpc) is 2.66. The van der Waals surface area contributed by atoms with E-state index in [4.69, 9.17) is 0 Å². The summed E-state index contributed by atoms with van der Waals surface area (Å²) in [6.07, 6.45) is 0. The van der Waals surface area contributed by atoms with E-state index in [1.807, 2.05) is 60.7 Å². The van der Waals surface area contributed by atoms with Crippen LogP contribution in [0.4, 0.5) is 11.4 Å². The summed E-state index contributed by atoms with van der Waals surface area (Å²) in [7, 11) is 0. The van der Waals surface area contributed by atoms with Crippen molar-refractivity contribution in [3.63, 3.8) is 0 Å². The van der Waals surface area contributed by atoms with Crippen molar-refractivity contribution in [3.05, 3.63) is 84.9 Å². The number of rotatable bonds is 4. The normalized spacial score (nSPS) is 10.7. The fourth-order valence-corrected chi connectivity index (χ4v) is 3.01. The highest BCUT2D eigenvalue weighted by Gasteiger charge is 2.05. The molecule has 0 radical (unpaired) electrons. The van der Waals surface area contributed by atoms with Gasteiger partial charge in [0, 0.05) is 16.8 Å². The lowest BCUT2D eigenvalue weighted by molar-refractivity contribution is -0.114. The van der Waals surface area contributed by atoms with Crippen LogP contribution in [0.25, 0.3) is 21.5 Å². The predicted molar refractivity (Wildman–Crippen MR) is 105 cm³/mol. The summed E-state index contributed by atoms with van der Waals surface area (Å²) < 4.78 is 0. The molecule has 4 rings (SSSR count). The molecule has 0 aromatic heterocycles. The summed E-state index contributed by atoms with van der Waals surface area (Å²) in [5.74, 6) is -0.0653. The molecule has 0 aliphatic carbocycles. The topological polar surface area (TPSA) is 41.1 Å². The molecule has 0 aliphatic rings. The smallest absolute Gasteiger partial charge is 0.243 e. The van der Waals surface area contributed by atoms with Crippen molar-refractivity contribution in [1.29, 1.82) is 0 Å². The van der Waals surface area contributed by atoms with Gasteiger partial charge >= 0.3 is 0 Å². The first kappa shape index (κ1) is 15.2. The van der Waals surface area contributed by atoms with Crippen LogP contribution in [0.2, 0.25) is 0 Å². The highest BCUT2D eigenvalue weighted by molar-refractivity contribution is 6.03. The van der Waals surface area contributed by atoms with Gasteiger partial charge in [-0.1, -0.05) is 66.7 Å². The lowest BCUT2D eigenvalue weighted by atomic mass is 10.1. The maximum Gasteiger partial charge on any atom is 0.243 e. The molecule has 0 aliphatic heterocycles. The zero-order valence-corrected chi connectivity index (χ0v) is 13.7. The predicted octanol–water partition coefficient (Wildman–Crippen LogP) is 5.04. The minimum atomic E-state index is -0.0653. The summed E-state index contributed by atoms with van der Waals surface area (Å²) in [6, 6.07) is 28.2. The third-order valence-corrected chi connectivity index (χ3v) is 4.27. The summed E-state index contributed by atoms with van der Waals surface area (Å²) >= 11 is 0. The number of carbonyl (C=O) groups excluding carboxylic acids is 1. The van der Waals surface area contributed by atoms with Gasteiger partial charge in [0.25, 0.3) is 0 Å². The number of benzene rings is 4. The minimum Gasteiger partial charge on any atom is -0.376 e. The van der Waals surface area contributed by atoms with E-state index >= 15 is 0 Å². The van der Waals surface area contributed by atoms with Gasteiger partial charge in [0.1, 0.15) is 0 Å². The molecule has 0 bridgehead atoms. The van der Waals surface area contributed by atoms with Crippen LogP contribution in [0.1, 0.15) is 0 Å². The Balaban J connectivity index is 1.46. The van der Waals surface area contributed by atoms with Crippen LogP contribution in [-0.2, 0) is 4.79 Å². The van der Waals surface area contributed by atoms with Crippen LogP contribution in [0.3, 0.4) is 0 Å². The van der Waals surface area contributed by atoms with Gasteiger partial charge in [-0.15, -0.1) is 0 Å². The average molecular weight is 326 g/mol. The van der Waals surface area contributed by atoms with Crippen LogP contribution >= 0.6 is 0 Å². The van der Waals surface area contributed by atoms with Gasteiger partial charge in [-0.3, -0.25) is 4.79 Å². The summed E-state index contributed by atoms with van der Waals surface area (Å²) in [5.41, 5.74) is 1.77. The summed E-state index contributed by atoms with van der Waals surface area (Å²) in [4.78, 5) is 12.3. The first-order valence-electron chi connectivity index (χ1n) is 8.30. The number of hydrogen-bond donors (Lipinski definition) is 2. The van der Waals surface area contributed by atoms with Crippen LogP contribution in [0.5, 0.6) is 0 Å². The van der Waals surface area contributed by atoms with Crippen molar-refractivity contribution >= 4 is 38.8 Å². The Morgan fingerprint density at radius 2 is 1.44 bits per heavy atom. The summed E-state index contributed by atoms with van der Waals surface area (Å²) in [5, 5.41) is 10.7. The zero-order valence-electron chi connectivity index (χ0n) is 13.7. The second kappa shape index (κ2) is 6.65. The molecule has 3 heteroatoms. The monoisotopic (exact) mass is 326 g/mol. The number of hydrogen-bond acceptors (Lipinski definition) is 2. The van der Waals surface area contributed by atoms with E-state index in [0.29, 0.717) is 0 Å². The molecule has 0 atom stereocenters. The number of carbonyl (C=O) groups is 1. The number of anilines is 2. The first-order chi connectivity index (χ1) is 12.3. The molecule has 0 saturated heterocycles. The molecule has 1 amide bonds. The molecule has 2 N–H and O–H groups in total. The van der Waals surface area contributed by atoms with Crippen molar-refractivity contribution < 1.29 is 4.79 Å². The Morgan fingerprint density at radius 1 is 0.720 bits per heavy atom. The van der Waals surface area contributed by atoms with E-state index < -0.39 is 0 Å². The molecule has 0 saturated carbocycles. The van der Waals surface area contributed by atoms with Crippen LogP contribution in [-0.4, -0.2) is 12.5 Å². The third kappa shape index (κ3) is 3.31. The molecule has 122 valence electrons. The fraction of sp³-hybridized carbons (Fsp3) is 0.0455. The van der Waals surface area contributed by atoms with Crippen LogP contribution in [0, 0.1) is 0 Å². The van der Waals surface area contributed by atoms with Crippen LogP contribution < -0.4 is 10.6 Å². The third-order valence-electron chi connectivity index (χ3n) is 4.27. The van der Waals surface area contributed by atoms with Gasteiger partial charge in [0.2, 0.25) is 5.91 Å². The van der Waals surface area contributed by atoms with Crippen molar-refractivity contribution in [1.82, 2.24) is 0 Å². The van der Waals surface area contributed by atoms with E-state index in [9.17, 15) is 4.79 Å². The molecule has 3 nitrogen and oxygen atoms in total. The standard InChI is InChI=1S/C22H18N2O/c25-22(24-21-11-5-9-17-7-3-4-10-20(17)21)15-23-19-13-12-16-6-1-2-8-18(16)14-19/h1-14,23H,15H2,(H,24,25). The second-order valence-electron chi connectivity index (χ2n) is 5.99. The van der Waals surface area contributed by atoms with E-state index in [1.54, 1.807) is 0 Å².